The van der Waals surface area contributed by atoms with Crippen LogP contribution in [-0.2, 0) is 0 Å². The van der Waals surface area contributed by atoms with Crippen molar-refractivity contribution in [2.45, 2.75) is 31.3 Å². The van der Waals surface area contributed by atoms with Crippen molar-refractivity contribution in [1.29, 1.82) is 0 Å². The van der Waals surface area contributed by atoms with Crippen molar-refractivity contribution in [1.82, 2.24) is 15.2 Å². The molecule has 1 aliphatic carbocycles. The van der Waals surface area contributed by atoms with E-state index in [1.54, 1.807) is 4.90 Å². The largest absolute Gasteiger partial charge is 0.388 e. The summed E-state index contributed by atoms with van der Waals surface area (Å²) in [6.45, 7) is 0.474. The normalized spacial score (nSPS) is 18.4. The van der Waals surface area contributed by atoms with E-state index in [0.29, 0.717) is 12.4 Å². The average Bonchev–Trinajstić information content (AvgIpc) is 2.68. The van der Waals surface area contributed by atoms with Crippen LogP contribution in [0.3, 0.4) is 0 Å². The summed E-state index contributed by atoms with van der Waals surface area (Å²) in [7, 11) is 1.81. The maximum absolute atomic E-state index is 10.3. The Hall–Kier alpha value is -0.650. The summed E-state index contributed by atoms with van der Waals surface area (Å²) in [5, 5.41) is 17.8. The van der Waals surface area contributed by atoms with Gasteiger partial charge >= 0.3 is 0 Å². The monoisotopic (exact) mass is 276 g/mol. The first-order valence-corrected chi connectivity index (χ1v) is 6.25. The fraction of sp³-hybridized carbons (Fsp3) is 0.700. The fourth-order valence-corrected chi connectivity index (χ4v) is 2.58. The van der Waals surface area contributed by atoms with Gasteiger partial charge in [0.1, 0.15) is 0 Å². The van der Waals surface area contributed by atoms with Crippen LogP contribution in [0.1, 0.15) is 25.7 Å². The molecule has 0 amide bonds. The second-order valence-corrected chi connectivity index (χ2v) is 5.18. The van der Waals surface area contributed by atoms with Gasteiger partial charge in [-0.15, -0.1) is 10.2 Å². The molecular formula is C10H14Cl2N4O. The Morgan fingerprint density at radius 1 is 1.29 bits per heavy atom. The van der Waals surface area contributed by atoms with Crippen LogP contribution in [-0.4, -0.2) is 39.5 Å². The predicted molar refractivity (Wildman–Crippen MR) is 66.5 cm³/mol. The molecule has 7 heteroatoms. The highest BCUT2D eigenvalue weighted by Gasteiger charge is 2.33. The fourth-order valence-electron chi connectivity index (χ4n) is 2.24. The Kier molecular flexibility index (Phi) is 3.70. The molecule has 0 saturated heterocycles. The molecule has 1 aliphatic rings. The molecule has 1 aromatic heterocycles. The van der Waals surface area contributed by atoms with Crippen molar-refractivity contribution in [3.63, 3.8) is 0 Å². The summed E-state index contributed by atoms with van der Waals surface area (Å²) < 4.78 is 0. The molecule has 94 valence electrons. The highest BCUT2D eigenvalue weighted by Crippen LogP contribution is 2.31. The topological polar surface area (TPSA) is 62.1 Å². The Morgan fingerprint density at radius 3 is 2.59 bits per heavy atom. The van der Waals surface area contributed by atoms with Crippen molar-refractivity contribution in [2.24, 2.45) is 0 Å². The highest BCUT2D eigenvalue weighted by atomic mass is 35.5. The van der Waals surface area contributed by atoms with Gasteiger partial charge in [-0.05, 0) is 24.4 Å². The van der Waals surface area contributed by atoms with Crippen LogP contribution in [0.25, 0.3) is 0 Å². The second-order valence-electron chi connectivity index (χ2n) is 4.48. The standard InChI is InChI=1S/C10H14Cl2N4O/c1-16(6-10(17)4-2-3-5-10)8-7(11)14-15-9(12)13-8/h17H,2-6H2,1H3. The first kappa shape index (κ1) is 12.8. The van der Waals surface area contributed by atoms with Crippen molar-refractivity contribution in [3.8, 4) is 0 Å². The van der Waals surface area contributed by atoms with Crippen molar-refractivity contribution < 1.29 is 5.11 Å². The SMILES string of the molecule is CN(CC1(O)CCCC1)c1nc(Cl)nnc1Cl. The molecule has 0 radical (unpaired) electrons. The summed E-state index contributed by atoms with van der Waals surface area (Å²) in [5.74, 6) is 0.451. The summed E-state index contributed by atoms with van der Waals surface area (Å²) >= 11 is 11.6. The van der Waals surface area contributed by atoms with E-state index in [2.05, 4.69) is 15.2 Å². The first-order valence-electron chi connectivity index (χ1n) is 5.49. The molecule has 17 heavy (non-hydrogen) atoms. The lowest BCUT2D eigenvalue weighted by molar-refractivity contribution is 0.0558. The molecule has 1 heterocycles. The van der Waals surface area contributed by atoms with E-state index in [4.69, 9.17) is 23.2 Å². The smallest absolute Gasteiger partial charge is 0.245 e. The Bertz CT molecular complexity index is 409. The van der Waals surface area contributed by atoms with E-state index in [1.165, 1.54) is 0 Å². The number of aromatic nitrogens is 3. The number of likely N-dealkylation sites (N-methyl/N-ethyl adjacent to an activating group) is 1. The summed E-state index contributed by atoms with van der Waals surface area (Å²) in [6, 6.07) is 0. The molecular weight excluding hydrogens is 263 g/mol. The van der Waals surface area contributed by atoms with Gasteiger partial charge in [-0.3, -0.25) is 0 Å². The summed E-state index contributed by atoms with van der Waals surface area (Å²) in [6.07, 6.45) is 3.73. The van der Waals surface area contributed by atoms with E-state index >= 15 is 0 Å². The van der Waals surface area contributed by atoms with Crippen LogP contribution >= 0.6 is 23.2 Å². The van der Waals surface area contributed by atoms with Gasteiger partial charge in [-0.25, -0.2) is 0 Å². The first-order chi connectivity index (χ1) is 8.00. The third kappa shape index (κ3) is 2.97. The zero-order valence-corrected chi connectivity index (χ0v) is 11.0. The van der Waals surface area contributed by atoms with Crippen LogP contribution in [0.15, 0.2) is 0 Å². The van der Waals surface area contributed by atoms with Crippen LogP contribution in [0.2, 0.25) is 10.4 Å². The zero-order chi connectivity index (χ0) is 12.5. The molecule has 1 fully saturated rings. The molecule has 0 atom stereocenters. The van der Waals surface area contributed by atoms with Gasteiger partial charge in [-0.2, -0.15) is 4.98 Å². The van der Waals surface area contributed by atoms with Crippen LogP contribution in [0.5, 0.6) is 0 Å². The molecule has 1 N–H and O–H groups in total. The van der Waals surface area contributed by atoms with Gasteiger partial charge in [0.2, 0.25) is 5.28 Å². The van der Waals surface area contributed by atoms with Gasteiger partial charge in [0, 0.05) is 13.6 Å². The van der Waals surface area contributed by atoms with Crippen molar-refractivity contribution in [2.75, 3.05) is 18.5 Å². The van der Waals surface area contributed by atoms with Crippen LogP contribution in [0.4, 0.5) is 5.82 Å². The number of anilines is 1. The number of aliphatic hydroxyl groups is 1. The Balaban J connectivity index is 2.13. The van der Waals surface area contributed by atoms with Gasteiger partial charge < -0.3 is 10.0 Å². The average molecular weight is 277 g/mol. The van der Waals surface area contributed by atoms with E-state index in [1.807, 2.05) is 7.05 Å². The predicted octanol–water partition coefficient (Wildman–Crippen LogP) is 1.92. The lowest BCUT2D eigenvalue weighted by atomic mass is 10.0. The summed E-state index contributed by atoms with van der Waals surface area (Å²) in [5.41, 5.74) is -0.657. The zero-order valence-electron chi connectivity index (χ0n) is 9.53. The number of nitrogens with zero attached hydrogens (tertiary/aromatic N) is 4. The maximum Gasteiger partial charge on any atom is 0.245 e. The van der Waals surface area contributed by atoms with E-state index in [9.17, 15) is 5.11 Å². The molecule has 0 aliphatic heterocycles. The molecule has 5 nitrogen and oxygen atoms in total. The Morgan fingerprint density at radius 2 is 1.94 bits per heavy atom. The molecule has 0 bridgehead atoms. The third-order valence-electron chi connectivity index (χ3n) is 3.03. The molecule has 1 saturated carbocycles. The lowest BCUT2D eigenvalue weighted by Gasteiger charge is -2.29. The third-order valence-corrected chi connectivity index (χ3v) is 3.44. The van der Waals surface area contributed by atoms with E-state index < -0.39 is 5.60 Å². The summed E-state index contributed by atoms with van der Waals surface area (Å²) in [4.78, 5) is 5.79. The minimum Gasteiger partial charge on any atom is -0.388 e. The molecule has 2 rings (SSSR count). The van der Waals surface area contributed by atoms with Crippen LogP contribution < -0.4 is 4.90 Å². The highest BCUT2D eigenvalue weighted by molar-refractivity contribution is 6.32. The van der Waals surface area contributed by atoms with Gasteiger partial charge in [0.15, 0.2) is 11.0 Å². The van der Waals surface area contributed by atoms with Gasteiger partial charge in [-0.1, -0.05) is 24.4 Å². The number of hydrogen-bond donors (Lipinski definition) is 1. The number of hydrogen-bond acceptors (Lipinski definition) is 5. The Labute approximate surface area is 110 Å². The van der Waals surface area contributed by atoms with Crippen LogP contribution in [0, 0.1) is 0 Å². The minimum absolute atomic E-state index is 0.0506. The van der Waals surface area contributed by atoms with Gasteiger partial charge in [0.05, 0.1) is 5.60 Å². The van der Waals surface area contributed by atoms with E-state index in [-0.39, 0.29) is 10.4 Å². The molecule has 0 spiro atoms. The number of halogens is 2. The molecule has 1 aromatic rings. The minimum atomic E-state index is -0.657. The quantitative estimate of drug-likeness (QED) is 0.914. The molecule has 0 unspecified atom stereocenters. The van der Waals surface area contributed by atoms with E-state index in [0.717, 1.165) is 25.7 Å². The van der Waals surface area contributed by atoms with Crippen molar-refractivity contribution in [3.05, 3.63) is 10.4 Å². The molecule has 0 aromatic carbocycles. The maximum atomic E-state index is 10.3. The lowest BCUT2D eigenvalue weighted by Crippen LogP contribution is -2.39. The second kappa shape index (κ2) is 4.92. The van der Waals surface area contributed by atoms with Crippen molar-refractivity contribution >= 4 is 29.0 Å². The number of rotatable bonds is 3. The van der Waals surface area contributed by atoms with Gasteiger partial charge in [0.25, 0.3) is 0 Å².